The molecule has 3 N–H and O–H groups in total. The highest BCUT2D eigenvalue weighted by molar-refractivity contribution is 5.16. The molecule has 0 aliphatic carbocycles. The van der Waals surface area contributed by atoms with Gasteiger partial charge in [0, 0.05) is 17.9 Å². The van der Waals surface area contributed by atoms with Gasteiger partial charge < -0.3 is 15.4 Å². The Morgan fingerprint density at radius 2 is 2.15 bits per heavy atom. The van der Waals surface area contributed by atoms with E-state index in [4.69, 9.17) is 10.8 Å². The zero-order chi connectivity index (χ0) is 10.1. The molecule has 0 fully saturated rings. The van der Waals surface area contributed by atoms with Gasteiger partial charge in [-0.25, -0.2) is 0 Å². The number of hydrogen-bond donors (Lipinski definition) is 2. The zero-order valence-corrected chi connectivity index (χ0v) is 8.49. The Morgan fingerprint density at radius 1 is 1.54 bits per heavy atom. The fourth-order valence-electron chi connectivity index (χ4n) is 1.16. The lowest BCUT2D eigenvalue weighted by atomic mass is 10.1. The van der Waals surface area contributed by atoms with Crippen molar-refractivity contribution in [3.8, 4) is 0 Å². The molecule has 0 aliphatic heterocycles. The first kappa shape index (κ1) is 10.3. The Balaban J connectivity index is 2.87. The predicted molar refractivity (Wildman–Crippen MR) is 53.4 cm³/mol. The van der Waals surface area contributed by atoms with Gasteiger partial charge in [-0.1, -0.05) is 0 Å². The fourth-order valence-corrected chi connectivity index (χ4v) is 1.16. The highest BCUT2D eigenvalue weighted by Crippen LogP contribution is 2.18. The van der Waals surface area contributed by atoms with Crippen LogP contribution in [0.1, 0.15) is 32.4 Å². The summed E-state index contributed by atoms with van der Waals surface area (Å²) in [5.41, 5.74) is 6.75. The van der Waals surface area contributed by atoms with Crippen LogP contribution in [0.3, 0.4) is 0 Å². The summed E-state index contributed by atoms with van der Waals surface area (Å²) >= 11 is 0. The third kappa shape index (κ3) is 2.32. The van der Waals surface area contributed by atoms with Crippen LogP contribution in [0.2, 0.25) is 0 Å². The van der Waals surface area contributed by atoms with Crippen LogP contribution in [0, 0.1) is 0 Å². The van der Waals surface area contributed by atoms with Crippen LogP contribution in [0.15, 0.2) is 18.5 Å². The van der Waals surface area contributed by atoms with E-state index in [1.54, 1.807) is 0 Å². The maximum atomic E-state index is 8.87. The van der Waals surface area contributed by atoms with Crippen LogP contribution in [0.25, 0.3) is 0 Å². The van der Waals surface area contributed by atoms with E-state index in [1.807, 2.05) is 18.5 Å². The highest BCUT2D eigenvalue weighted by atomic mass is 16.3. The molecule has 13 heavy (non-hydrogen) atoms. The Labute approximate surface area is 79.2 Å². The first-order valence-corrected chi connectivity index (χ1v) is 4.50. The second-order valence-corrected chi connectivity index (χ2v) is 4.31. The number of aromatic nitrogens is 1. The molecule has 3 heteroatoms. The summed E-state index contributed by atoms with van der Waals surface area (Å²) in [5.74, 6) is 0. The van der Waals surface area contributed by atoms with E-state index in [0.717, 1.165) is 5.56 Å². The first-order valence-electron chi connectivity index (χ1n) is 4.50. The molecule has 0 amide bonds. The van der Waals surface area contributed by atoms with Gasteiger partial charge in [-0.2, -0.15) is 0 Å². The lowest BCUT2D eigenvalue weighted by Gasteiger charge is -2.21. The van der Waals surface area contributed by atoms with Gasteiger partial charge in [-0.15, -0.1) is 0 Å². The van der Waals surface area contributed by atoms with Crippen LogP contribution in [-0.2, 0) is 5.54 Å². The van der Waals surface area contributed by atoms with Gasteiger partial charge in [0.1, 0.15) is 0 Å². The normalized spacial score (nSPS) is 14.5. The van der Waals surface area contributed by atoms with Gasteiger partial charge >= 0.3 is 0 Å². The smallest absolute Gasteiger partial charge is 0.0624 e. The second kappa shape index (κ2) is 3.52. The number of rotatable bonds is 2. The number of aliphatic hydroxyl groups is 1. The molecule has 1 aromatic rings. The summed E-state index contributed by atoms with van der Waals surface area (Å²) in [4.78, 5) is 0. The Bertz CT molecular complexity index is 273. The molecule has 0 aliphatic rings. The van der Waals surface area contributed by atoms with Gasteiger partial charge in [0.25, 0.3) is 0 Å². The number of hydrogen-bond acceptors (Lipinski definition) is 2. The van der Waals surface area contributed by atoms with Gasteiger partial charge in [-0.05, 0) is 32.4 Å². The van der Waals surface area contributed by atoms with E-state index >= 15 is 0 Å². The molecule has 0 saturated heterocycles. The van der Waals surface area contributed by atoms with Crippen molar-refractivity contribution in [2.75, 3.05) is 6.61 Å². The molecule has 0 unspecified atom stereocenters. The fraction of sp³-hybridized carbons (Fsp3) is 0.600. The minimum atomic E-state index is -0.261. The Kier molecular flexibility index (Phi) is 2.78. The van der Waals surface area contributed by atoms with Crippen LogP contribution >= 0.6 is 0 Å². The van der Waals surface area contributed by atoms with E-state index in [9.17, 15) is 0 Å². The molecule has 1 rings (SSSR count). The Morgan fingerprint density at radius 3 is 2.54 bits per heavy atom. The Hall–Kier alpha value is -0.800. The number of nitrogens with two attached hydrogens (primary N) is 1. The molecular formula is C10H18N2O. The number of nitrogens with zero attached hydrogens (tertiary/aromatic N) is 1. The predicted octanol–water partition coefficient (Wildman–Crippen LogP) is 1.24. The monoisotopic (exact) mass is 182 g/mol. The molecular weight excluding hydrogens is 164 g/mol. The van der Waals surface area contributed by atoms with E-state index in [0.29, 0.717) is 0 Å². The zero-order valence-electron chi connectivity index (χ0n) is 8.49. The summed E-state index contributed by atoms with van der Waals surface area (Å²) in [6.45, 7) is 6.37. The van der Waals surface area contributed by atoms with Gasteiger partial charge in [0.15, 0.2) is 0 Å². The molecule has 3 nitrogen and oxygen atoms in total. The second-order valence-electron chi connectivity index (χ2n) is 4.31. The summed E-state index contributed by atoms with van der Waals surface area (Å²) < 4.78 is 2.10. The molecule has 0 bridgehead atoms. The summed E-state index contributed by atoms with van der Waals surface area (Å²) in [6, 6.07) is 1.69. The summed E-state index contributed by atoms with van der Waals surface area (Å²) in [6.07, 6.45) is 3.98. The minimum absolute atomic E-state index is 0.00580. The SMILES string of the molecule is CC(C)(C)n1ccc([C@@H](N)CO)c1. The first-order chi connectivity index (χ1) is 5.95. The quantitative estimate of drug-likeness (QED) is 0.723. The van der Waals surface area contributed by atoms with Crippen LogP contribution in [-0.4, -0.2) is 16.3 Å². The van der Waals surface area contributed by atoms with E-state index in [-0.39, 0.29) is 18.2 Å². The average Bonchev–Trinajstić information content (AvgIpc) is 2.50. The average molecular weight is 182 g/mol. The lowest BCUT2D eigenvalue weighted by molar-refractivity contribution is 0.267. The van der Waals surface area contributed by atoms with Crippen molar-refractivity contribution in [3.63, 3.8) is 0 Å². The van der Waals surface area contributed by atoms with Gasteiger partial charge in [0.05, 0.1) is 12.6 Å². The van der Waals surface area contributed by atoms with Crippen molar-refractivity contribution in [1.82, 2.24) is 4.57 Å². The molecule has 1 atom stereocenters. The summed E-state index contributed by atoms with van der Waals surface area (Å²) in [7, 11) is 0. The molecule has 1 heterocycles. The van der Waals surface area contributed by atoms with Crippen molar-refractivity contribution in [2.24, 2.45) is 5.73 Å². The van der Waals surface area contributed by atoms with Crippen molar-refractivity contribution < 1.29 is 5.11 Å². The van der Waals surface area contributed by atoms with Crippen LogP contribution < -0.4 is 5.73 Å². The molecule has 0 spiro atoms. The van der Waals surface area contributed by atoms with Crippen LogP contribution in [0.5, 0.6) is 0 Å². The van der Waals surface area contributed by atoms with Gasteiger partial charge in [-0.3, -0.25) is 0 Å². The van der Waals surface area contributed by atoms with Crippen molar-refractivity contribution >= 4 is 0 Å². The molecule has 0 saturated carbocycles. The van der Waals surface area contributed by atoms with E-state index in [1.165, 1.54) is 0 Å². The number of aliphatic hydroxyl groups excluding tert-OH is 1. The largest absolute Gasteiger partial charge is 0.394 e. The highest BCUT2D eigenvalue weighted by Gasteiger charge is 2.14. The molecule has 1 aromatic heterocycles. The molecule has 0 radical (unpaired) electrons. The van der Waals surface area contributed by atoms with E-state index < -0.39 is 0 Å². The molecule has 0 aromatic carbocycles. The van der Waals surface area contributed by atoms with Crippen molar-refractivity contribution in [3.05, 3.63) is 24.0 Å². The van der Waals surface area contributed by atoms with Crippen molar-refractivity contribution in [2.45, 2.75) is 32.4 Å². The molecule has 74 valence electrons. The lowest BCUT2D eigenvalue weighted by Crippen LogP contribution is -2.20. The maximum absolute atomic E-state index is 8.87. The standard InChI is InChI=1S/C10H18N2O/c1-10(2,3)12-5-4-8(6-12)9(11)7-13/h4-6,9,13H,7,11H2,1-3H3/t9-/m0/s1. The summed E-state index contributed by atoms with van der Waals surface area (Å²) in [5, 5.41) is 8.87. The third-order valence-corrected chi connectivity index (χ3v) is 2.12. The topological polar surface area (TPSA) is 51.2 Å². The van der Waals surface area contributed by atoms with Gasteiger partial charge in [0.2, 0.25) is 0 Å². The van der Waals surface area contributed by atoms with Crippen molar-refractivity contribution in [1.29, 1.82) is 0 Å². The maximum Gasteiger partial charge on any atom is 0.0624 e. The van der Waals surface area contributed by atoms with E-state index in [2.05, 4.69) is 25.3 Å². The minimum Gasteiger partial charge on any atom is -0.394 e. The van der Waals surface area contributed by atoms with Crippen LogP contribution in [0.4, 0.5) is 0 Å². The third-order valence-electron chi connectivity index (χ3n) is 2.12.